The molecule has 6 nitrogen and oxygen atoms in total. The Hall–Kier alpha value is -1.41. The first-order valence-electron chi connectivity index (χ1n) is 10.3. The van der Waals surface area contributed by atoms with Crippen molar-refractivity contribution in [1.29, 1.82) is 0 Å². The summed E-state index contributed by atoms with van der Waals surface area (Å²) in [5.41, 5.74) is 2.77. The molecule has 1 saturated heterocycles. The number of nitrogens with zero attached hydrogens (tertiary/aromatic N) is 3. The highest BCUT2D eigenvalue weighted by molar-refractivity contribution is 8.12. The zero-order valence-corrected chi connectivity index (χ0v) is 19.8. The van der Waals surface area contributed by atoms with Crippen LogP contribution in [0.3, 0.4) is 0 Å². The van der Waals surface area contributed by atoms with E-state index in [4.69, 9.17) is 20.8 Å². The highest BCUT2D eigenvalue weighted by Crippen LogP contribution is 2.33. The predicted octanol–water partition coefficient (Wildman–Crippen LogP) is 5.23. The fourth-order valence-electron chi connectivity index (χ4n) is 3.15. The lowest BCUT2D eigenvalue weighted by Gasteiger charge is -2.18. The van der Waals surface area contributed by atoms with Gasteiger partial charge in [0.15, 0.2) is 11.5 Å². The van der Waals surface area contributed by atoms with Crippen molar-refractivity contribution in [1.82, 2.24) is 9.29 Å². The number of carbonyl (C=O) groups is 1. The maximum atomic E-state index is 12.4. The molecule has 1 aliphatic heterocycles. The molecular weight excluding hydrogens is 422 g/mol. The standard InChI is InChI=1S/C22H30ClN3O3S/c1-6-28-13-26-14(2)20(23)21(30-26)25-18(27)10-8-15-7-9-17-16(11-15)24-19(29-17)12-22(3,4)5/h7,9,11,14,20H,6,8,10,12-13H2,1-5H3. The molecule has 2 heterocycles. The third kappa shape index (κ3) is 6.06. The molecular formula is C22H30ClN3O3S. The largest absolute Gasteiger partial charge is 0.441 e. The van der Waals surface area contributed by atoms with Gasteiger partial charge in [0.05, 0.1) is 5.38 Å². The van der Waals surface area contributed by atoms with E-state index in [0.717, 1.165) is 29.0 Å². The Bertz CT molecular complexity index is 922. The van der Waals surface area contributed by atoms with Gasteiger partial charge in [0, 0.05) is 25.5 Å². The first-order valence-corrected chi connectivity index (χ1v) is 11.5. The van der Waals surface area contributed by atoms with E-state index in [1.807, 2.05) is 36.4 Å². The van der Waals surface area contributed by atoms with E-state index in [1.54, 1.807) is 0 Å². The maximum absolute atomic E-state index is 12.4. The van der Waals surface area contributed by atoms with Gasteiger partial charge >= 0.3 is 0 Å². The Kier molecular flexibility index (Phi) is 7.61. The lowest BCUT2D eigenvalue weighted by atomic mass is 9.92. The molecule has 30 heavy (non-hydrogen) atoms. The first-order chi connectivity index (χ1) is 14.2. The number of halogens is 1. The van der Waals surface area contributed by atoms with E-state index in [2.05, 4.69) is 30.7 Å². The Labute approximate surface area is 187 Å². The van der Waals surface area contributed by atoms with E-state index in [0.29, 0.717) is 31.2 Å². The number of hydrogen-bond acceptors (Lipinski definition) is 6. The van der Waals surface area contributed by atoms with Crippen LogP contribution in [0.5, 0.6) is 0 Å². The molecule has 1 aliphatic rings. The Morgan fingerprint density at radius 3 is 2.87 bits per heavy atom. The van der Waals surface area contributed by atoms with Gasteiger partial charge in [-0.1, -0.05) is 26.8 Å². The number of fused-ring (bicyclic) bond motifs is 1. The monoisotopic (exact) mass is 451 g/mol. The van der Waals surface area contributed by atoms with Crippen molar-refractivity contribution in [3.63, 3.8) is 0 Å². The summed E-state index contributed by atoms with van der Waals surface area (Å²) in [7, 11) is 0. The number of ether oxygens (including phenoxy) is 1. The van der Waals surface area contributed by atoms with Crippen molar-refractivity contribution in [2.75, 3.05) is 13.3 Å². The molecule has 8 heteroatoms. The second-order valence-electron chi connectivity index (χ2n) is 8.76. The molecule has 164 valence electrons. The predicted molar refractivity (Wildman–Crippen MR) is 123 cm³/mol. The van der Waals surface area contributed by atoms with Gasteiger partial charge in [-0.25, -0.2) is 14.3 Å². The molecule has 1 aromatic heterocycles. The topological polar surface area (TPSA) is 67.9 Å². The molecule has 0 spiro atoms. The van der Waals surface area contributed by atoms with Crippen molar-refractivity contribution < 1.29 is 13.9 Å². The van der Waals surface area contributed by atoms with Crippen LogP contribution >= 0.6 is 23.5 Å². The maximum Gasteiger partial charge on any atom is 0.246 e. The van der Waals surface area contributed by atoms with Crippen LogP contribution in [0.2, 0.25) is 0 Å². The van der Waals surface area contributed by atoms with Crippen molar-refractivity contribution in [2.45, 2.75) is 65.3 Å². The van der Waals surface area contributed by atoms with Gasteiger partial charge in [-0.3, -0.25) is 4.79 Å². The van der Waals surface area contributed by atoms with Gasteiger partial charge in [0.2, 0.25) is 5.91 Å². The van der Waals surface area contributed by atoms with Crippen LogP contribution in [0.1, 0.15) is 52.5 Å². The minimum atomic E-state index is -0.299. The highest BCUT2D eigenvalue weighted by Gasteiger charge is 2.36. The van der Waals surface area contributed by atoms with Crippen LogP contribution in [0.15, 0.2) is 27.6 Å². The van der Waals surface area contributed by atoms with Crippen molar-refractivity contribution in [3.8, 4) is 0 Å². The summed E-state index contributed by atoms with van der Waals surface area (Å²) in [6.45, 7) is 11.5. The van der Waals surface area contributed by atoms with Crippen LogP contribution < -0.4 is 0 Å². The number of aromatic nitrogens is 1. The summed E-state index contributed by atoms with van der Waals surface area (Å²) in [4.78, 5) is 21.3. The van der Waals surface area contributed by atoms with Gasteiger partial charge in [0.1, 0.15) is 17.3 Å². The number of oxazole rings is 1. The fraction of sp³-hybridized carbons (Fsp3) is 0.591. The second-order valence-corrected chi connectivity index (χ2v) is 10.3. The SMILES string of the molecule is CCOCN1SC(=NC(=O)CCc2ccc3oc(CC(C)(C)C)nc3c2)C(Cl)C1C. The van der Waals surface area contributed by atoms with Crippen LogP contribution in [0, 0.1) is 5.41 Å². The average molecular weight is 452 g/mol. The normalized spacial score (nSPS) is 21.7. The summed E-state index contributed by atoms with van der Waals surface area (Å²) in [5, 5.41) is 0.347. The van der Waals surface area contributed by atoms with Crippen LogP contribution in [-0.4, -0.2) is 45.0 Å². The number of aliphatic imine (C=N–C) groups is 1. The number of carbonyl (C=O) groups excluding carboxylic acids is 1. The van der Waals surface area contributed by atoms with Crippen molar-refractivity contribution in [2.24, 2.45) is 10.4 Å². The average Bonchev–Trinajstić information content (AvgIpc) is 3.17. The third-order valence-electron chi connectivity index (χ3n) is 4.79. The smallest absolute Gasteiger partial charge is 0.246 e. The van der Waals surface area contributed by atoms with Crippen LogP contribution in [0.4, 0.5) is 0 Å². The number of amides is 1. The van der Waals surface area contributed by atoms with E-state index in [-0.39, 0.29) is 22.7 Å². The highest BCUT2D eigenvalue weighted by atomic mass is 35.5. The van der Waals surface area contributed by atoms with Crippen LogP contribution in [0.25, 0.3) is 11.1 Å². The molecule has 0 radical (unpaired) electrons. The van der Waals surface area contributed by atoms with Gasteiger partial charge in [-0.2, -0.15) is 0 Å². The summed E-state index contributed by atoms with van der Waals surface area (Å²) in [5.74, 6) is 0.580. The Balaban J connectivity index is 1.60. The van der Waals surface area contributed by atoms with Gasteiger partial charge < -0.3 is 9.15 Å². The molecule has 1 amide bonds. The molecule has 3 rings (SSSR count). The van der Waals surface area contributed by atoms with E-state index in [1.165, 1.54) is 11.9 Å². The molecule has 2 aromatic rings. The Morgan fingerprint density at radius 2 is 2.17 bits per heavy atom. The van der Waals surface area contributed by atoms with Crippen molar-refractivity contribution >= 4 is 45.6 Å². The zero-order valence-electron chi connectivity index (χ0n) is 18.3. The van der Waals surface area contributed by atoms with Crippen LogP contribution in [-0.2, 0) is 22.4 Å². The van der Waals surface area contributed by atoms with Gasteiger partial charge in [0.25, 0.3) is 0 Å². The van der Waals surface area contributed by atoms with Gasteiger partial charge in [-0.15, -0.1) is 11.6 Å². The summed E-state index contributed by atoms with van der Waals surface area (Å²) >= 11 is 7.87. The molecule has 0 N–H and O–H groups in total. The minimum absolute atomic E-state index is 0.0617. The van der Waals surface area contributed by atoms with E-state index < -0.39 is 0 Å². The number of alkyl halides is 1. The number of benzene rings is 1. The minimum Gasteiger partial charge on any atom is -0.441 e. The molecule has 1 fully saturated rings. The van der Waals surface area contributed by atoms with Crippen molar-refractivity contribution in [3.05, 3.63) is 29.7 Å². The second kappa shape index (κ2) is 9.81. The molecule has 2 unspecified atom stereocenters. The quantitative estimate of drug-likeness (QED) is 0.424. The molecule has 0 aliphatic carbocycles. The third-order valence-corrected chi connectivity index (χ3v) is 6.69. The van der Waals surface area contributed by atoms with E-state index in [9.17, 15) is 4.79 Å². The van der Waals surface area contributed by atoms with Gasteiger partial charge in [-0.05, 0) is 55.3 Å². The molecule has 1 aromatic carbocycles. The molecule has 2 atom stereocenters. The molecule has 0 saturated carbocycles. The van der Waals surface area contributed by atoms with E-state index >= 15 is 0 Å². The number of aryl methyl sites for hydroxylation is 1. The number of hydrogen-bond donors (Lipinski definition) is 0. The zero-order chi connectivity index (χ0) is 21.9. The first kappa shape index (κ1) is 23.3. The fourth-order valence-corrected chi connectivity index (χ4v) is 4.62. The summed E-state index contributed by atoms with van der Waals surface area (Å²) < 4.78 is 13.3. The Morgan fingerprint density at radius 1 is 1.40 bits per heavy atom. The lowest BCUT2D eigenvalue weighted by molar-refractivity contribution is -0.117. The summed E-state index contributed by atoms with van der Waals surface area (Å²) in [6.07, 6.45) is 1.71. The number of rotatable bonds is 7. The summed E-state index contributed by atoms with van der Waals surface area (Å²) in [6, 6.07) is 5.96. The lowest BCUT2D eigenvalue weighted by Crippen LogP contribution is -2.29. The molecule has 0 bridgehead atoms.